The van der Waals surface area contributed by atoms with Crippen molar-refractivity contribution < 1.29 is 0 Å². The molecule has 0 saturated heterocycles. The maximum Gasteiger partial charge on any atom is 0.216 e. The number of H-pyrrole nitrogens is 2. The van der Waals surface area contributed by atoms with Gasteiger partial charge in [-0.05, 0) is 23.8 Å². The fourth-order valence-corrected chi connectivity index (χ4v) is 2.67. The van der Waals surface area contributed by atoms with E-state index in [-0.39, 0.29) is 0 Å². The van der Waals surface area contributed by atoms with Gasteiger partial charge in [-0.3, -0.25) is 0 Å². The highest BCUT2D eigenvalue weighted by atomic mass is 32.1. The lowest BCUT2D eigenvalue weighted by atomic mass is 10.2. The summed E-state index contributed by atoms with van der Waals surface area (Å²) in [7, 11) is 0. The maximum absolute atomic E-state index is 5.31. The van der Waals surface area contributed by atoms with E-state index >= 15 is 0 Å². The van der Waals surface area contributed by atoms with Gasteiger partial charge in [-0.1, -0.05) is 48.5 Å². The standard InChI is InChI=1S/C17H13N5S/c23-17-21-20-16(14-11-18-15-9-5-4-8-13(14)15)22(17)19-10-12-6-2-1-3-7-12/h1-11,18H,(H,21,23)/b19-10+. The van der Waals surface area contributed by atoms with Crippen LogP contribution in [-0.2, 0) is 0 Å². The van der Waals surface area contributed by atoms with Crippen LogP contribution in [0.1, 0.15) is 5.56 Å². The van der Waals surface area contributed by atoms with Crippen molar-refractivity contribution >= 4 is 29.3 Å². The maximum atomic E-state index is 5.31. The molecule has 6 heteroatoms. The first-order valence-electron chi connectivity index (χ1n) is 7.16. The summed E-state index contributed by atoms with van der Waals surface area (Å²) < 4.78 is 2.09. The van der Waals surface area contributed by atoms with E-state index in [9.17, 15) is 0 Å². The minimum Gasteiger partial charge on any atom is -0.360 e. The minimum absolute atomic E-state index is 0.456. The van der Waals surface area contributed by atoms with E-state index in [1.54, 1.807) is 10.9 Å². The zero-order valence-corrected chi connectivity index (χ0v) is 12.9. The molecule has 0 spiro atoms. The van der Waals surface area contributed by atoms with E-state index in [1.165, 1.54) is 0 Å². The number of hydrogen-bond donors (Lipinski definition) is 2. The third-order valence-electron chi connectivity index (χ3n) is 3.60. The van der Waals surface area contributed by atoms with Crippen LogP contribution in [0.2, 0.25) is 0 Å². The predicted octanol–water partition coefficient (Wildman–Crippen LogP) is 3.97. The van der Waals surface area contributed by atoms with Crippen molar-refractivity contribution in [2.45, 2.75) is 0 Å². The molecule has 0 aliphatic rings. The molecule has 2 aromatic heterocycles. The van der Waals surface area contributed by atoms with E-state index in [0.717, 1.165) is 22.0 Å². The molecule has 2 heterocycles. The molecule has 0 fully saturated rings. The second-order valence-electron chi connectivity index (χ2n) is 5.07. The van der Waals surface area contributed by atoms with Crippen molar-refractivity contribution in [3.8, 4) is 11.4 Å². The molecule has 0 atom stereocenters. The topological polar surface area (TPSA) is 61.8 Å². The number of aromatic amines is 2. The summed E-state index contributed by atoms with van der Waals surface area (Å²) in [6.45, 7) is 0. The van der Waals surface area contributed by atoms with Gasteiger partial charge in [0.25, 0.3) is 0 Å². The Balaban J connectivity index is 1.82. The van der Waals surface area contributed by atoms with Gasteiger partial charge in [-0.25, -0.2) is 5.10 Å². The Hall–Kier alpha value is -2.99. The molecular formula is C17H13N5S. The highest BCUT2D eigenvalue weighted by Gasteiger charge is 2.12. The molecule has 0 aliphatic heterocycles. The van der Waals surface area contributed by atoms with Gasteiger partial charge in [0.15, 0.2) is 5.82 Å². The van der Waals surface area contributed by atoms with E-state index in [1.807, 2.05) is 60.8 Å². The van der Waals surface area contributed by atoms with Crippen LogP contribution in [0.4, 0.5) is 0 Å². The summed E-state index contributed by atoms with van der Waals surface area (Å²) >= 11 is 5.31. The lowest BCUT2D eigenvalue weighted by Gasteiger charge is -1.99. The van der Waals surface area contributed by atoms with Gasteiger partial charge < -0.3 is 4.98 Å². The number of rotatable bonds is 3. The van der Waals surface area contributed by atoms with Crippen molar-refractivity contribution in [1.29, 1.82) is 0 Å². The van der Waals surface area contributed by atoms with Gasteiger partial charge >= 0.3 is 0 Å². The molecule has 5 nitrogen and oxygen atoms in total. The number of hydrogen-bond acceptors (Lipinski definition) is 3. The highest BCUT2D eigenvalue weighted by Crippen LogP contribution is 2.27. The van der Waals surface area contributed by atoms with E-state index in [2.05, 4.69) is 20.3 Å². The molecule has 2 N–H and O–H groups in total. The van der Waals surface area contributed by atoms with Gasteiger partial charge in [0.2, 0.25) is 4.77 Å². The fourth-order valence-electron chi connectivity index (χ4n) is 2.49. The zero-order chi connectivity index (χ0) is 15.6. The van der Waals surface area contributed by atoms with Crippen LogP contribution in [0.25, 0.3) is 22.3 Å². The molecule has 0 saturated carbocycles. The average molecular weight is 319 g/mol. The largest absolute Gasteiger partial charge is 0.360 e. The van der Waals surface area contributed by atoms with Crippen LogP contribution in [0.15, 0.2) is 65.9 Å². The Bertz CT molecular complexity index is 1040. The number of para-hydroxylation sites is 1. The summed E-state index contributed by atoms with van der Waals surface area (Å²) in [4.78, 5) is 3.24. The number of aromatic nitrogens is 4. The number of nitrogens with zero attached hydrogens (tertiary/aromatic N) is 3. The molecule has 0 aliphatic carbocycles. The van der Waals surface area contributed by atoms with Crippen LogP contribution in [0.5, 0.6) is 0 Å². The molecule has 23 heavy (non-hydrogen) atoms. The Morgan fingerprint density at radius 1 is 1.04 bits per heavy atom. The second-order valence-corrected chi connectivity index (χ2v) is 5.45. The highest BCUT2D eigenvalue weighted by molar-refractivity contribution is 7.71. The first-order chi connectivity index (χ1) is 11.3. The summed E-state index contributed by atoms with van der Waals surface area (Å²) in [5.74, 6) is 0.680. The average Bonchev–Trinajstić information content (AvgIpc) is 3.17. The molecule has 0 radical (unpaired) electrons. The van der Waals surface area contributed by atoms with E-state index in [0.29, 0.717) is 10.6 Å². The third-order valence-corrected chi connectivity index (χ3v) is 3.87. The van der Waals surface area contributed by atoms with Crippen molar-refractivity contribution in [1.82, 2.24) is 19.9 Å². The first-order valence-corrected chi connectivity index (χ1v) is 7.57. The fraction of sp³-hybridized carbons (Fsp3) is 0. The molecule has 0 bridgehead atoms. The lowest BCUT2D eigenvalue weighted by molar-refractivity contribution is 0.872. The Morgan fingerprint density at radius 2 is 1.83 bits per heavy atom. The molecule has 2 aromatic carbocycles. The van der Waals surface area contributed by atoms with Crippen LogP contribution in [-0.4, -0.2) is 26.1 Å². The molecule has 0 amide bonds. The third kappa shape index (κ3) is 2.49. The van der Waals surface area contributed by atoms with Crippen molar-refractivity contribution in [3.05, 3.63) is 71.1 Å². The molecular weight excluding hydrogens is 306 g/mol. The van der Waals surface area contributed by atoms with Gasteiger partial charge in [-0.15, -0.1) is 0 Å². The van der Waals surface area contributed by atoms with Crippen LogP contribution < -0.4 is 0 Å². The summed E-state index contributed by atoms with van der Waals surface area (Å²) in [5.41, 5.74) is 3.01. The first kappa shape index (κ1) is 13.7. The summed E-state index contributed by atoms with van der Waals surface area (Å²) in [5, 5.41) is 12.7. The van der Waals surface area contributed by atoms with Gasteiger partial charge in [0.1, 0.15) is 0 Å². The van der Waals surface area contributed by atoms with Crippen LogP contribution in [0, 0.1) is 4.77 Å². The Kier molecular flexibility index (Phi) is 3.36. The monoisotopic (exact) mass is 319 g/mol. The minimum atomic E-state index is 0.456. The van der Waals surface area contributed by atoms with Crippen molar-refractivity contribution in [2.75, 3.05) is 0 Å². The molecule has 4 aromatic rings. The number of benzene rings is 2. The van der Waals surface area contributed by atoms with E-state index in [4.69, 9.17) is 12.2 Å². The van der Waals surface area contributed by atoms with Crippen molar-refractivity contribution in [2.24, 2.45) is 5.10 Å². The lowest BCUT2D eigenvalue weighted by Crippen LogP contribution is -1.94. The van der Waals surface area contributed by atoms with Crippen LogP contribution in [0.3, 0.4) is 0 Å². The smallest absolute Gasteiger partial charge is 0.216 e. The number of nitrogens with one attached hydrogen (secondary N) is 2. The van der Waals surface area contributed by atoms with Gasteiger partial charge in [0.05, 0.1) is 6.21 Å². The SMILES string of the molecule is S=c1[nH]nc(-c2c[nH]c3ccccc23)n1/N=C/c1ccccc1. The van der Waals surface area contributed by atoms with Crippen LogP contribution >= 0.6 is 12.2 Å². The van der Waals surface area contributed by atoms with Crippen molar-refractivity contribution in [3.63, 3.8) is 0 Å². The predicted molar refractivity (Wildman–Crippen MR) is 94.1 cm³/mol. The van der Waals surface area contributed by atoms with E-state index < -0.39 is 0 Å². The quantitative estimate of drug-likeness (QED) is 0.443. The summed E-state index contributed by atoms with van der Waals surface area (Å²) in [6, 6.07) is 17.9. The zero-order valence-electron chi connectivity index (χ0n) is 12.1. The second kappa shape index (κ2) is 5.66. The van der Waals surface area contributed by atoms with Gasteiger partial charge in [-0.2, -0.15) is 14.9 Å². The number of fused-ring (bicyclic) bond motifs is 1. The molecule has 112 valence electrons. The Labute approximate surface area is 137 Å². The summed E-state index contributed by atoms with van der Waals surface area (Å²) in [6.07, 6.45) is 3.69. The molecule has 4 rings (SSSR count). The van der Waals surface area contributed by atoms with Gasteiger partial charge in [0, 0.05) is 22.7 Å². The molecule has 0 unspecified atom stereocenters. The normalized spacial score (nSPS) is 11.5. The Morgan fingerprint density at radius 3 is 2.70 bits per heavy atom.